The Morgan fingerprint density at radius 2 is 1.95 bits per heavy atom. The van der Waals surface area contributed by atoms with Gasteiger partial charge in [-0.05, 0) is 37.0 Å². The molecular formula is C15H18FN3O3. The third-order valence-corrected chi connectivity index (χ3v) is 4.29. The number of likely N-dealkylation sites (tertiary alicyclic amines) is 1. The van der Waals surface area contributed by atoms with E-state index in [9.17, 15) is 14.0 Å². The van der Waals surface area contributed by atoms with Gasteiger partial charge in [-0.25, -0.2) is 20.0 Å². The summed E-state index contributed by atoms with van der Waals surface area (Å²) in [5, 5.41) is 9.17. The van der Waals surface area contributed by atoms with E-state index in [-0.39, 0.29) is 17.8 Å². The molecule has 0 spiro atoms. The second-order valence-electron chi connectivity index (χ2n) is 5.71. The van der Waals surface area contributed by atoms with Crippen molar-refractivity contribution in [1.29, 1.82) is 0 Å². The van der Waals surface area contributed by atoms with Crippen molar-refractivity contribution in [3.8, 4) is 0 Å². The summed E-state index contributed by atoms with van der Waals surface area (Å²) in [6.45, 7) is 0.481. The van der Waals surface area contributed by atoms with Crippen molar-refractivity contribution >= 4 is 11.9 Å². The second kappa shape index (κ2) is 6.02. The molecule has 0 aliphatic carbocycles. The van der Waals surface area contributed by atoms with E-state index in [4.69, 9.17) is 5.11 Å². The number of carboxylic acids is 1. The molecule has 3 N–H and O–H groups in total. The number of rotatable bonds is 3. The minimum absolute atomic E-state index is 0.0968. The molecule has 6 nitrogen and oxygen atoms in total. The predicted molar refractivity (Wildman–Crippen MR) is 76.2 cm³/mol. The average Bonchev–Trinajstić information content (AvgIpc) is 3.17. The standard InChI is InChI=1S/C15H18FN3O3/c16-10-5-3-9(4-6-10)11-8-12(18-17-11)14(20)19-7-1-2-13(19)15(21)22/h3-6,11-13,17-18H,1-2,7-8H2,(H,21,22)/t11?,12?,13-/m1/s1. The van der Waals surface area contributed by atoms with Crippen molar-refractivity contribution in [2.45, 2.75) is 37.4 Å². The molecule has 1 aromatic rings. The van der Waals surface area contributed by atoms with Crippen LogP contribution >= 0.6 is 0 Å². The summed E-state index contributed by atoms with van der Waals surface area (Å²) in [5.41, 5.74) is 6.84. The van der Waals surface area contributed by atoms with Crippen LogP contribution < -0.4 is 10.9 Å². The van der Waals surface area contributed by atoms with Crippen molar-refractivity contribution in [3.63, 3.8) is 0 Å². The Morgan fingerprint density at radius 1 is 1.23 bits per heavy atom. The van der Waals surface area contributed by atoms with Crippen LogP contribution in [0.5, 0.6) is 0 Å². The van der Waals surface area contributed by atoms with E-state index in [2.05, 4.69) is 10.9 Å². The van der Waals surface area contributed by atoms with Crippen LogP contribution in [0.25, 0.3) is 0 Å². The molecule has 1 amide bonds. The summed E-state index contributed by atoms with van der Waals surface area (Å²) in [4.78, 5) is 25.1. The molecule has 2 saturated heterocycles. The maximum absolute atomic E-state index is 12.9. The molecule has 22 heavy (non-hydrogen) atoms. The molecule has 2 fully saturated rings. The molecule has 2 aliphatic rings. The molecule has 7 heteroatoms. The highest BCUT2D eigenvalue weighted by molar-refractivity contribution is 5.87. The van der Waals surface area contributed by atoms with E-state index in [1.807, 2.05) is 0 Å². The van der Waals surface area contributed by atoms with Crippen LogP contribution in [0, 0.1) is 5.82 Å². The van der Waals surface area contributed by atoms with Gasteiger partial charge in [-0.1, -0.05) is 12.1 Å². The lowest BCUT2D eigenvalue weighted by Gasteiger charge is -2.24. The molecule has 3 atom stereocenters. The number of carbonyl (C=O) groups excluding carboxylic acids is 1. The van der Waals surface area contributed by atoms with Gasteiger partial charge in [0.2, 0.25) is 5.91 Å². The molecule has 2 unspecified atom stereocenters. The maximum Gasteiger partial charge on any atom is 0.326 e. The SMILES string of the molecule is O=C(O)[C@H]1CCCN1C(=O)C1CC(c2ccc(F)cc2)NN1. The van der Waals surface area contributed by atoms with Gasteiger partial charge in [-0.2, -0.15) is 0 Å². The molecule has 2 aliphatic heterocycles. The van der Waals surface area contributed by atoms with Crippen LogP contribution in [0.3, 0.4) is 0 Å². The summed E-state index contributed by atoms with van der Waals surface area (Å²) in [7, 11) is 0. The number of hydrogen-bond acceptors (Lipinski definition) is 4. The third kappa shape index (κ3) is 2.82. The van der Waals surface area contributed by atoms with E-state index < -0.39 is 18.1 Å². The van der Waals surface area contributed by atoms with E-state index in [0.717, 1.165) is 5.56 Å². The quantitative estimate of drug-likeness (QED) is 0.770. The fourth-order valence-corrected chi connectivity index (χ4v) is 3.12. The third-order valence-electron chi connectivity index (χ3n) is 4.29. The molecule has 0 aromatic heterocycles. The Kier molecular flexibility index (Phi) is 4.08. The van der Waals surface area contributed by atoms with Gasteiger partial charge < -0.3 is 10.0 Å². The van der Waals surface area contributed by atoms with Gasteiger partial charge in [0.15, 0.2) is 0 Å². The molecule has 2 heterocycles. The Hall–Kier alpha value is -1.99. The minimum atomic E-state index is -0.952. The zero-order valence-electron chi connectivity index (χ0n) is 12.0. The number of nitrogens with one attached hydrogen (secondary N) is 2. The highest BCUT2D eigenvalue weighted by Gasteiger charge is 2.39. The molecular weight excluding hydrogens is 289 g/mol. The summed E-state index contributed by atoms with van der Waals surface area (Å²) in [5.74, 6) is -1.45. The molecule has 1 aromatic carbocycles. The maximum atomic E-state index is 12.9. The first kappa shape index (κ1) is 14.9. The van der Waals surface area contributed by atoms with Crippen molar-refractivity contribution < 1.29 is 19.1 Å². The summed E-state index contributed by atoms with van der Waals surface area (Å²) < 4.78 is 12.9. The van der Waals surface area contributed by atoms with Crippen LogP contribution in [0.15, 0.2) is 24.3 Å². The van der Waals surface area contributed by atoms with Crippen molar-refractivity contribution in [3.05, 3.63) is 35.6 Å². The van der Waals surface area contributed by atoms with Gasteiger partial charge in [0.25, 0.3) is 0 Å². The van der Waals surface area contributed by atoms with Gasteiger partial charge in [0.1, 0.15) is 17.9 Å². The smallest absolute Gasteiger partial charge is 0.326 e. The number of nitrogens with zero attached hydrogens (tertiary/aromatic N) is 1. The van der Waals surface area contributed by atoms with E-state index in [1.165, 1.54) is 17.0 Å². The predicted octanol–water partition coefficient (Wildman–Crippen LogP) is 0.809. The number of carbonyl (C=O) groups is 2. The summed E-state index contributed by atoms with van der Waals surface area (Å²) in [6.07, 6.45) is 1.72. The van der Waals surface area contributed by atoms with E-state index in [0.29, 0.717) is 25.8 Å². The van der Waals surface area contributed by atoms with Gasteiger partial charge >= 0.3 is 5.97 Å². The Morgan fingerprint density at radius 3 is 2.64 bits per heavy atom. The molecule has 118 valence electrons. The van der Waals surface area contributed by atoms with E-state index in [1.54, 1.807) is 12.1 Å². The highest BCUT2D eigenvalue weighted by atomic mass is 19.1. The number of carboxylic acid groups (broad SMARTS) is 1. The Balaban J connectivity index is 1.66. The van der Waals surface area contributed by atoms with Crippen LogP contribution in [-0.4, -0.2) is 40.5 Å². The van der Waals surface area contributed by atoms with Gasteiger partial charge in [0, 0.05) is 12.6 Å². The van der Waals surface area contributed by atoms with Crippen LogP contribution in [0.1, 0.15) is 30.9 Å². The fraction of sp³-hybridized carbons (Fsp3) is 0.467. The Bertz CT molecular complexity index is 578. The largest absolute Gasteiger partial charge is 0.480 e. The first-order chi connectivity index (χ1) is 10.6. The topological polar surface area (TPSA) is 81.7 Å². The number of amides is 1. The van der Waals surface area contributed by atoms with Crippen molar-refractivity contribution in [1.82, 2.24) is 15.8 Å². The second-order valence-corrected chi connectivity index (χ2v) is 5.71. The first-order valence-electron chi connectivity index (χ1n) is 7.36. The zero-order valence-corrected chi connectivity index (χ0v) is 12.0. The minimum Gasteiger partial charge on any atom is -0.480 e. The molecule has 0 saturated carbocycles. The lowest BCUT2D eigenvalue weighted by molar-refractivity contribution is -0.148. The van der Waals surface area contributed by atoms with Gasteiger partial charge in [-0.3, -0.25) is 4.79 Å². The lowest BCUT2D eigenvalue weighted by atomic mass is 10.0. The number of hydrogen-bond donors (Lipinski definition) is 3. The first-order valence-corrected chi connectivity index (χ1v) is 7.36. The Labute approximate surface area is 127 Å². The molecule has 0 radical (unpaired) electrons. The van der Waals surface area contributed by atoms with Gasteiger partial charge in [0.05, 0.1) is 0 Å². The highest BCUT2D eigenvalue weighted by Crippen LogP contribution is 2.26. The number of benzene rings is 1. The lowest BCUT2D eigenvalue weighted by Crippen LogP contribution is -2.49. The molecule has 0 bridgehead atoms. The van der Waals surface area contributed by atoms with E-state index >= 15 is 0 Å². The molecule has 3 rings (SSSR count). The summed E-state index contributed by atoms with van der Waals surface area (Å²) in [6, 6.07) is 4.84. The normalized spacial score (nSPS) is 28.0. The number of aliphatic carboxylic acids is 1. The number of hydrazine groups is 1. The monoisotopic (exact) mass is 307 g/mol. The summed E-state index contributed by atoms with van der Waals surface area (Å²) >= 11 is 0. The fourth-order valence-electron chi connectivity index (χ4n) is 3.12. The number of halogens is 1. The average molecular weight is 307 g/mol. The van der Waals surface area contributed by atoms with Crippen LogP contribution in [0.4, 0.5) is 4.39 Å². The van der Waals surface area contributed by atoms with Crippen molar-refractivity contribution in [2.24, 2.45) is 0 Å². The van der Waals surface area contributed by atoms with Crippen molar-refractivity contribution in [2.75, 3.05) is 6.54 Å². The van der Waals surface area contributed by atoms with Crippen LogP contribution in [0.2, 0.25) is 0 Å². The van der Waals surface area contributed by atoms with Crippen LogP contribution in [-0.2, 0) is 9.59 Å². The zero-order chi connectivity index (χ0) is 15.7. The van der Waals surface area contributed by atoms with Gasteiger partial charge in [-0.15, -0.1) is 0 Å².